The minimum absolute atomic E-state index is 0.0389. The quantitative estimate of drug-likeness (QED) is 0.544. The third kappa shape index (κ3) is 4.48. The monoisotopic (exact) mass is 419 g/mol. The van der Waals surface area contributed by atoms with Crippen molar-refractivity contribution in [2.24, 2.45) is 0 Å². The van der Waals surface area contributed by atoms with Crippen LogP contribution in [0, 0.1) is 0 Å². The normalized spacial score (nSPS) is 18.4. The number of esters is 1. The van der Waals surface area contributed by atoms with E-state index < -0.39 is 11.9 Å². The van der Waals surface area contributed by atoms with Crippen LogP contribution in [-0.2, 0) is 14.3 Å². The molecule has 0 aromatic heterocycles. The second kappa shape index (κ2) is 9.08. The van der Waals surface area contributed by atoms with Gasteiger partial charge in [-0.05, 0) is 49.6 Å². The largest absolute Gasteiger partial charge is 0.508 e. The fourth-order valence-corrected chi connectivity index (χ4v) is 4.14. The maximum atomic E-state index is 13.1. The van der Waals surface area contributed by atoms with Crippen LogP contribution < -0.4 is 10.1 Å². The lowest BCUT2D eigenvalue weighted by Gasteiger charge is -2.34. The van der Waals surface area contributed by atoms with E-state index in [9.17, 15) is 14.7 Å². The van der Waals surface area contributed by atoms with Gasteiger partial charge < -0.3 is 19.9 Å². The number of allylic oxidation sites excluding steroid dienone is 3. The fraction of sp³-hybridized carbons (Fsp3) is 0.280. The number of nitrogens with one attached hydrogen (secondary N) is 1. The van der Waals surface area contributed by atoms with E-state index in [0.717, 1.165) is 24.1 Å². The maximum absolute atomic E-state index is 13.1. The lowest BCUT2D eigenvalue weighted by molar-refractivity contribution is -0.140. The van der Waals surface area contributed by atoms with Gasteiger partial charge in [-0.3, -0.25) is 4.79 Å². The number of dihydropyridines is 1. The highest BCUT2D eigenvalue weighted by atomic mass is 16.6. The van der Waals surface area contributed by atoms with E-state index in [0.29, 0.717) is 29.0 Å². The van der Waals surface area contributed by atoms with E-state index in [1.807, 2.05) is 37.3 Å². The zero-order valence-electron chi connectivity index (χ0n) is 17.4. The first kappa shape index (κ1) is 20.7. The van der Waals surface area contributed by atoms with Crippen LogP contribution in [-0.4, -0.2) is 30.1 Å². The number of hydrogen-bond acceptors (Lipinski definition) is 6. The first-order valence-corrected chi connectivity index (χ1v) is 10.4. The summed E-state index contributed by atoms with van der Waals surface area (Å²) >= 11 is 0. The van der Waals surface area contributed by atoms with Gasteiger partial charge in [-0.15, -0.1) is 0 Å². The number of ketones is 1. The number of rotatable bonds is 6. The number of hydrogen-bond donors (Lipinski definition) is 2. The van der Waals surface area contributed by atoms with Crippen molar-refractivity contribution in [2.45, 2.75) is 32.1 Å². The first-order valence-electron chi connectivity index (χ1n) is 10.4. The molecule has 31 heavy (non-hydrogen) atoms. The van der Waals surface area contributed by atoms with Gasteiger partial charge in [0.05, 0.1) is 5.57 Å². The Morgan fingerprint density at radius 1 is 1.06 bits per heavy atom. The fourth-order valence-electron chi connectivity index (χ4n) is 4.14. The Morgan fingerprint density at radius 3 is 2.55 bits per heavy atom. The van der Waals surface area contributed by atoms with Crippen LogP contribution in [0.15, 0.2) is 77.1 Å². The Bertz CT molecular complexity index is 1040. The zero-order valence-corrected chi connectivity index (χ0v) is 17.4. The summed E-state index contributed by atoms with van der Waals surface area (Å²) in [6, 6.07) is 15.9. The molecule has 0 saturated carbocycles. The number of para-hydroxylation sites is 1. The summed E-state index contributed by atoms with van der Waals surface area (Å²) in [5, 5.41) is 13.0. The number of benzene rings is 2. The summed E-state index contributed by atoms with van der Waals surface area (Å²) in [6.45, 7) is 2.15. The van der Waals surface area contributed by atoms with Crippen molar-refractivity contribution >= 4 is 11.8 Å². The molecule has 160 valence electrons. The van der Waals surface area contributed by atoms with E-state index >= 15 is 0 Å². The van der Waals surface area contributed by atoms with Gasteiger partial charge in [0.25, 0.3) is 0 Å². The van der Waals surface area contributed by atoms with Crippen LogP contribution in [0.25, 0.3) is 0 Å². The summed E-state index contributed by atoms with van der Waals surface area (Å²) in [5.74, 6) is -0.128. The molecular formula is C25H25NO5. The van der Waals surface area contributed by atoms with Gasteiger partial charge in [0.15, 0.2) is 5.78 Å². The van der Waals surface area contributed by atoms with E-state index in [1.54, 1.807) is 24.3 Å². The minimum atomic E-state index is -0.521. The number of aromatic hydroxyl groups is 1. The number of Topliss-reactive ketones (excluding diaryl/α,β-unsaturated/α-hetero) is 1. The number of phenols is 1. The molecule has 0 saturated heterocycles. The molecule has 1 aliphatic heterocycles. The molecule has 6 nitrogen and oxygen atoms in total. The molecule has 0 fully saturated rings. The lowest BCUT2D eigenvalue weighted by atomic mass is 9.75. The molecule has 2 aromatic carbocycles. The van der Waals surface area contributed by atoms with Gasteiger partial charge in [0, 0.05) is 29.3 Å². The number of carbonyl (C=O) groups excluding carboxylic acids is 2. The van der Waals surface area contributed by atoms with Crippen LogP contribution in [0.4, 0.5) is 0 Å². The molecule has 4 rings (SSSR count). The van der Waals surface area contributed by atoms with Crippen LogP contribution in [0.1, 0.15) is 37.7 Å². The summed E-state index contributed by atoms with van der Waals surface area (Å²) in [6.07, 6.45) is 2.01. The number of carbonyl (C=O) groups is 2. The molecular weight excluding hydrogens is 394 g/mol. The molecule has 0 unspecified atom stereocenters. The average molecular weight is 419 g/mol. The van der Waals surface area contributed by atoms with Crippen LogP contribution in [0.2, 0.25) is 0 Å². The average Bonchev–Trinajstić information content (AvgIpc) is 2.77. The van der Waals surface area contributed by atoms with Crippen LogP contribution in [0.5, 0.6) is 11.5 Å². The Morgan fingerprint density at radius 2 is 1.81 bits per heavy atom. The second-order valence-corrected chi connectivity index (χ2v) is 7.65. The van der Waals surface area contributed by atoms with Crippen molar-refractivity contribution in [1.82, 2.24) is 5.32 Å². The van der Waals surface area contributed by atoms with Crippen LogP contribution in [0.3, 0.4) is 0 Å². The smallest absolute Gasteiger partial charge is 0.336 e. The highest BCUT2D eigenvalue weighted by molar-refractivity contribution is 6.03. The predicted octanol–water partition coefficient (Wildman–Crippen LogP) is 3.98. The molecule has 2 aromatic rings. The summed E-state index contributed by atoms with van der Waals surface area (Å²) in [4.78, 5) is 25.9. The standard InChI is InChI=1S/C25H25NO5/c1-16-22(25(29)31-15-14-30-19-6-3-2-4-7-19)23(17-10-12-18(27)13-11-17)24-20(26-16)8-5-9-21(24)28/h2-4,6-7,10-13,23,26-27H,5,8-9,14-15H2,1H3/t23-/m1/s1. The highest BCUT2D eigenvalue weighted by Crippen LogP contribution is 2.42. The highest BCUT2D eigenvalue weighted by Gasteiger charge is 2.39. The van der Waals surface area contributed by atoms with Crippen molar-refractivity contribution in [2.75, 3.05) is 13.2 Å². The van der Waals surface area contributed by atoms with E-state index in [4.69, 9.17) is 9.47 Å². The Labute approximate surface area is 181 Å². The van der Waals surface area contributed by atoms with Gasteiger partial charge in [0.2, 0.25) is 0 Å². The molecule has 1 aliphatic carbocycles. The van der Waals surface area contributed by atoms with Crippen molar-refractivity contribution < 1.29 is 24.2 Å². The minimum Gasteiger partial charge on any atom is -0.508 e. The lowest BCUT2D eigenvalue weighted by Crippen LogP contribution is -2.34. The van der Waals surface area contributed by atoms with Gasteiger partial charge in [0.1, 0.15) is 24.7 Å². The SMILES string of the molecule is CC1=C(C(=O)OCCOc2ccccc2)[C@@H](c2ccc(O)cc2)C2=C(CCCC2=O)N1. The predicted molar refractivity (Wildman–Crippen MR) is 115 cm³/mol. The molecule has 0 radical (unpaired) electrons. The molecule has 2 aliphatic rings. The first-order chi connectivity index (χ1) is 15.0. The van der Waals surface area contributed by atoms with Crippen molar-refractivity contribution in [3.8, 4) is 11.5 Å². The third-order valence-electron chi connectivity index (χ3n) is 5.55. The zero-order chi connectivity index (χ0) is 21.8. The van der Waals surface area contributed by atoms with Crippen molar-refractivity contribution in [1.29, 1.82) is 0 Å². The Hall–Kier alpha value is -3.54. The van der Waals surface area contributed by atoms with Crippen molar-refractivity contribution in [3.63, 3.8) is 0 Å². The van der Waals surface area contributed by atoms with Gasteiger partial charge in [-0.25, -0.2) is 4.79 Å². The van der Waals surface area contributed by atoms with Gasteiger partial charge in [-0.1, -0.05) is 30.3 Å². The summed E-state index contributed by atoms with van der Waals surface area (Å²) < 4.78 is 11.1. The number of ether oxygens (including phenoxy) is 2. The molecule has 6 heteroatoms. The van der Waals surface area contributed by atoms with Gasteiger partial charge >= 0.3 is 5.97 Å². The van der Waals surface area contributed by atoms with E-state index in [2.05, 4.69) is 5.32 Å². The van der Waals surface area contributed by atoms with Gasteiger partial charge in [-0.2, -0.15) is 0 Å². The van der Waals surface area contributed by atoms with E-state index in [1.165, 1.54) is 0 Å². The molecule has 0 spiro atoms. The van der Waals surface area contributed by atoms with Crippen molar-refractivity contribution in [3.05, 3.63) is 82.7 Å². The summed E-state index contributed by atoms with van der Waals surface area (Å²) in [5.41, 5.74) is 3.36. The topological polar surface area (TPSA) is 84.9 Å². The molecule has 0 amide bonds. The summed E-state index contributed by atoms with van der Waals surface area (Å²) in [7, 11) is 0. The van der Waals surface area contributed by atoms with Crippen LogP contribution >= 0.6 is 0 Å². The molecule has 1 heterocycles. The maximum Gasteiger partial charge on any atom is 0.336 e. The molecule has 2 N–H and O–H groups in total. The molecule has 0 bridgehead atoms. The third-order valence-corrected chi connectivity index (χ3v) is 5.55. The molecule has 1 atom stereocenters. The second-order valence-electron chi connectivity index (χ2n) is 7.65. The Balaban J connectivity index is 1.55. The Kier molecular flexibility index (Phi) is 6.07. The number of phenolic OH excluding ortho intramolecular Hbond substituents is 1. The van der Waals surface area contributed by atoms with E-state index in [-0.39, 0.29) is 24.7 Å².